The first-order valence-corrected chi connectivity index (χ1v) is 9.91. The van der Waals surface area contributed by atoms with Crippen molar-refractivity contribution in [3.63, 3.8) is 0 Å². The number of aromatic nitrogens is 4. The smallest absolute Gasteiger partial charge is 0.327 e. The number of thioether (sulfide) groups is 1. The van der Waals surface area contributed by atoms with Gasteiger partial charge in [-0.05, 0) is 31.2 Å². The fourth-order valence-corrected chi connectivity index (χ4v) is 3.76. The molecule has 2 aromatic heterocycles. The van der Waals surface area contributed by atoms with Gasteiger partial charge in [0.05, 0.1) is 22.5 Å². The van der Waals surface area contributed by atoms with Gasteiger partial charge in [0.1, 0.15) is 5.52 Å². The highest BCUT2D eigenvalue weighted by atomic mass is 32.2. The van der Waals surface area contributed by atoms with Gasteiger partial charge in [-0.25, -0.2) is 4.98 Å². The largest absolute Gasteiger partial charge is 0.418 e. The standard InChI is InChI=1S/C20H16F3N5OS/c1-11-7-8-15-12(9-11)17-18(28(15)2)25-19(27-26-17)30-10-16(29)24-14-6-4-3-5-13(14)20(21,22)23/h3-9H,10H2,1-2H3,(H,24,29). The lowest BCUT2D eigenvalue weighted by Crippen LogP contribution is -2.18. The Labute approximate surface area is 173 Å². The summed E-state index contributed by atoms with van der Waals surface area (Å²) in [5.41, 5.74) is 2.15. The molecule has 154 valence electrons. The van der Waals surface area contributed by atoms with E-state index < -0.39 is 17.6 Å². The fourth-order valence-electron chi connectivity index (χ4n) is 3.17. The van der Waals surface area contributed by atoms with Crippen molar-refractivity contribution in [2.24, 2.45) is 7.05 Å². The second kappa shape index (κ2) is 7.60. The maximum absolute atomic E-state index is 13.1. The Bertz CT molecular complexity index is 1270. The molecular formula is C20H16F3N5OS. The molecule has 1 N–H and O–H groups in total. The molecule has 0 aliphatic rings. The van der Waals surface area contributed by atoms with Crippen molar-refractivity contribution in [3.05, 3.63) is 53.6 Å². The molecule has 0 aliphatic carbocycles. The highest BCUT2D eigenvalue weighted by Gasteiger charge is 2.33. The number of alkyl halides is 3. The summed E-state index contributed by atoms with van der Waals surface area (Å²) in [6.45, 7) is 1.99. The van der Waals surface area contributed by atoms with Crippen molar-refractivity contribution in [2.45, 2.75) is 18.3 Å². The van der Waals surface area contributed by atoms with E-state index in [-0.39, 0.29) is 16.6 Å². The van der Waals surface area contributed by atoms with Crippen LogP contribution in [0.5, 0.6) is 0 Å². The molecule has 0 saturated heterocycles. The normalized spacial score (nSPS) is 11.9. The molecule has 4 aromatic rings. The molecule has 30 heavy (non-hydrogen) atoms. The summed E-state index contributed by atoms with van der Waals surface area (Å²) in [5, 5.41) is 11.8. The van der Waals surface area contributed by atoms with Gasteiger partial charge in [-0.2, -0.15) is 13.2 Å². The highest BCUT2D eigenvalue weighted by Crippen LogP contribution is 2.34. The number of hydrogen-bond donors (Lipinski definition) is 1. The molecule has 0 unspecified atom stereocenters. The Morgan fingerprint density at radius 2 is 1.93 bits per heavy atom. The molecule has 6 nitrogen and oxygen atoms in total. The first-order valence-electron chi connectivity index (χ1n) is 8.92. The number of aryl methyl sites for hydroxylation is 2. The van der Waals surface area contributed by atoms with Gasteiger partial charge in [0.2, 0.25) is 11.1 Å². The number of anilines is 1. The van der Waals surface area contributed by atoms with Crippen LogP contribution >= 0.6 is 11.8 Å². The van der Waals surface area contributed by atoms with Crippen molar-refractivity contribution in [3.8, 4) is 0 Å². The summed E-state index contributed by atoms with van der Waals surface area (Å²) < 4.78 is 41.1. The maximum Gasteiger partial charge on any atom is 0.418 e. The van der Waals surface area contributed by atoms with E-state index in [1.165, 1.54) is 18.2 Å². The summed E-state index contributed by atoms with van der Waals surface area (Å²) in [5.74, 6) is -0.740. The number of halogens is 3. The predicted molar refractivity (Wildman–Crippen MR) is 109 cm³/mol. The van der Waals surface area contributed by atoms with Gasteiger partial charge in [-0.15, -0.1) is 10.2 Å². The van der Waals surface area contributed by atoms with Crippen LogP contribution in [0.1, 0.15) is 11.1 Å². The first-order chi connectivity index (χ1) is 14.2. The number of para-hydroxylation sites is 1. The maximum atomic E-state index is 13.1. The zero-order valence-corrected chi connectivity index (χ0v) is 16.8. The van der Waals surface area contributed by atoms with E-state index in [1.807, 2.05) is 36.7 Å². The first kappa shape index (κ1) is 20.1. The summed E-state index contributed by atoms with van der Waals surface area (Å²) in [4.78, 5) is 16.7. The number of nitrogens with zero attached hydrogens (tertiary/aromatic N) is 4. The van der Waals surface area contributed by atoms with Crippen LogP contribution in [0, 0.1) is 6.92 Å². The average Bonchev–Trinajstić information content (AvgIpc) is 2.97. The molecule has 10 heteroatoms. The van der Waals surface area contributed by atoms with Crippen LogP contribution in [0.15, 0.2) is 47.6 Å². The minimum Gasteiger partial charge on any atom is -0.327 e. The number of carbonyl (C=O) groups is 1. The quantitative estimate of drug-likeness (QED) is 0.479. The van der Waals surface area contributed by atoms with E-state index in [1.54, 1.807) is 0 Å². The molecule has 0 fully saturated rings. The Kier molecular flexibility index (Phi) is 5.10. The van der Waals surface area contributed by atoms with E-state index in [0.717, 1.165) is 34.3 Å². The third kappa shape index (κ3) is 3.82. The Hall–Kier alpha value is -3.14. The van der Waals surface area contributed by atoms with Crippen molar-refractivity contribution < 1.29 is 18.0 Å². The summed E-state index contributed by atoms with van der Waals surface area (Å²) in [6, 6.07) is 10.8. The lowest BCUT2D eigenvalue weighted by molar-refractivity contribution is -0.137. The number of benzene rings is 2. The van der Waals surface area contributed by atoms with Crippen LogP contribution in [-0.4, -0.2) is 31.4 Å². The number of hydrogen-bond acceptors (Lipinski definition) is 5. The summed E-state index contributed by atoms with van der Waals surface area (Å²) >= 11 is 1.01. The van der Waals surface area contributed by atoms with Gasteiger partial charge in [-0.3, -0.25) is 4.79 Å². The zero-order valence-electron chi connectivity index (χ0n) is 16.0. The monoisotopic (exact) mass is 431 g/mol. The van der Waals surface area contributed by atoms with Gasteiger partial charge < -0.3 is 9.88 Å². The van der Waals surface area contributed by atoms with Gasteiger partial charge in [-0.1, -0.05) is 35.5 Å². The number of carbonyl (C=O) groups excluding carboxylic acids is 1. The van der Waals surface area contributed by atoms with E-state index in [2.05, 4.69) is 20.5 Å². The average molecular weight is 431 g/mol. The number of nitrogens with one attached hydrogen (secondary N) is 1. The van der Waals surface area contributed by atoms with Crippen LogP contribution in [0.4, 0.5) is 18.9 Å². The molecular weight excluding hydrogens is 415 g/mol. The van der Waals surface area contributed by atoms with Crippen LogP contribution in [0.3, 0.4) is 0 Å². The molecule has 0 aliphatic heterocycles. The topological polar surface area (TPSA) is 72.7 Å². The molecule has 2 aromatic carbocycles. The lowest BCUT2D eigenvalue weighted by atomic mass is 10.1. The predicted octanol–water partition coefficient (Wildman–Crippen LogP) is 4.57. The molecule has 0 saturated carbocycles. The van der Waals surface area contributed by atoms with E-state index >= 15 is 0 Å². The van der Waals surface area contributed by atoms with Gasteiger partial charge >= 0.3 is 6.18 Å². The molecule has 4 rings (SSSR count). The fraction of sp³-hybridized carbons (Fsp3) is 0.200. The summed E-state index contributed by atoms with van der Waals surface area (Å²) in [7, 11) is 1.86. The third-order valence-corrected chi connectivity index (χ3v) is 5.41. The van der Waals surface area contributed by atoms with E-state index in [4.69, 9.17) is 0 Å². The molecule has 1 amide bonds. The summed E-state index contributed by atoms with van der Waals surface area (Å²) in [6.07, 6.45) is -4.55. The zero-order chi connectivity index (χ0) is 21.5. The SMILES string of the molecule is Cc1ccc2c(c1)c1nnc(SCC(=O)Nc3ccccc3C(F)(F)F)nc1n2C. The molecule has 0 radical (unpaired) electrons. The van der Waals surface area contributed by atoms with Crippen molar-refractivity contribution in [1.29, 1.82) is 0 Å². The third-order valence-electron chi connectivity index (χ3n) is 4.57. The van der Waals surface area contributed by atoms with Gasteiger partial charge in [0.15, 0.2) is 5.65 Å². The Morgan fingerprint density at radius 3 is 2.70 bits per heavy atom. The number of amides is 1. The minimum atomic E-state index is -4.55. The van der Waals surface area contributed by atoms with Gasteiger partial charge in [0.25, 0.3) is 0 Å². The van der Waals surface area contributed by atoms with Crippen LogP contribution in [0.25, 0.3) is 22.1 Å². The molecule has 2 heterocycles. The lowest BCUT2D eigenvalue weighted by Gasteiger charge is -2.13. The van der Waals surface area contributed by atoms with Crippen LogP contribution in [-0.2, 0) is 18.0 Å². The molecule has 0 atom stereocenters. The van der Waals surface area contributed by atoms with Crippen molar-refractivity contribution in [2.75, 3.05) is 11.1 Å². The van der Waals surface area contributed by atoms with Crippen LogP contribution < -0.4 is 5.32 Å². The Morgan fingerprint density at radius 1 is 1.17 bits per heavy atom. The second-order valence-electron chi connectivity index (χ2n) is 6.73. The molecule has 0 bridgehead atoms. The van der Waals surface area contributed by atoms with E-state index in [9.17, 15) is 18.0 Å². The van der Waals surface area contributed by atoms with Crippen molar-refractivity contribution >= 4 is 45.4 Å². The second-order valence-corrected chi connectivity index (χ2v) is 7.67. The van der Waals surface area contributed by atoms with E-state index in [0.29, 0.717) is 11.2 Å². The number of rotatable bonds is 4. The highest BCUT2D eigenvalue weighted by molar-refractivity contribution is 7.99. The number of fused-ring (bicyclic) bond motifs is 3. The molecule has 0 spiro atoms. The van der Waals surface area contributed by atoms with Crippen LogP contribution in [0.2, 0.25) is 0 Å². The Balaban J connectivity index is 1.52. The van der Waals surface area contributed by atoms with Gasteiger partial charge in [0, 0.05) is 12.4 Å². The minimum absolute atomic E-state index is 0.150. The van der Waals surface area contributed by atoms with Crippen molar-refractivity contribution in [1.82, 2.24) is 19.7 Å².